The van der Waals surface area contributed by atoms with Crippen molar-refractivity contribution in [3.05, 3.63) is 36.0 Å². The number of likely N-dealkylation sites (N-methyl/N-ethyl adjacent to an activating group) is 1. The Balaban J connectivity index is 1.23. The van der Waals surface area contributed by atoms with E-state index < -0.39 is 0 Å². The van der Waals surface area contributed by atoms with Crippen molar-refractivity contribution in [3.8, 4) is 0 Å². The van der Waals surface area contributed by atoms with Crippen LogP contribution in [0.4, 0.5) is 10.5 Å². The maximum atomic E-state index is 12.7. The number of aryl methyl sites for hydroxylation is 1. The van der Waals surface area contributed by atoms with E-state index in [0.717, 1.165) is 61.2 Å². The van der Waals surface area contributed by atoms with Crippen molar-refractivity contribution in [3.63, 3.8) is 0 Å². The molecule has 1 aliphatic carbocycles. The third-order valence-electron chi connectivity index (χ3n) is 6.65. The fraction of sp³-hybridized carbons (Fsp3) is 0.542. The van der Waals surface area contributed by atoms with E-state index in [0.29, 0.717) is 12.5 Å². The van der Waals surface area contributed by atoms with Crippen LogP contribution in [0.5, 0.6) is 0 Å². The average Bonchev–Trinajstić information content (AvgIpc) is 3.45. The van der Waals surface area contributed by atoms with Crippen molar-refractivity contribution in [2.24, 2.45) is 5.92 Å². The predicted octanol–water partition coefficient (Wildman–Crippen LogP) is 3.39. The number of nitrogens with one attached hydrogen (secondary N) is 2. The fourth-order valence-electron chi connectivity index (χ4n) is 4.88. The molecule has 1 saturated heterocycles. The second-order valence-corrected chi connectivity index (χ2v) is 8.88. The van der Waals surface area contributed by atoms with Crippen LogP contribution in [0.15, 0.2) is 30.3 Å². The van der Waals surface area contributed by atoms with Crippen molar-refractivity contribution in [1.29, 1.82) is 0 Å². The van der Waals surface area contributed by atoms with Gasteiger partial charge in [-0.25, -0.2) is 4.79 Å². The number of likely N-dealkylation sites (tertiary alicyclic amines) is 1. The Bertz CT molecular complexity index is 941. The molecule has 2 aromatic rings. The Kier molecular flexibility index (Phi) is 6.70. The molecule has 0 radical (unpaired) electrons. The second-order valence-electron chi connectivity index (χ2n) is 8.88. The molecule has 7 heteroatoms. The van der Waals surface area contributed by atoms with E-state index in [1.807, 2.05) is 49.2 Å². The number of carbonyl (C=O) groups excluding carboxylic acids is 2. The summed E-state index contributed by atoms with van der Waals surface area (Å²) in [6.45, 7) is 5.12. The summed E-state index contributed by atoms with van der Waals surface area (Å²) in [5.41, 5.74) is 2.51. The standard InChI is InChI=1S/C24H33N5O2/c1-17-15-22(20-9-5-6-10-21(20)26-17)27-24(31)25-12-14-29-13-11-19(16-29)28(2)23(30)18-7-3-4-8-18/h5-6,9-10,15,18-19H,3-4,7-8,11-14,16H2,1-2H3,(H2,25,26,27,31). The Labute approximate surface area is 184 Å². The monoisotopic (exact) mass is 423 g/mol. The van der Waals surface area contributed by atoms with Gasteiger partial charge in [-0.1, -0.05) is 31.0 Å². The first-order chi connectivity index (χ1) is 15.0. The van der Waals surface area contributed by atoms with E-state index in [1.165, 1.54) is 12.8 Å². The highest BCUT2D eigenvalue weighted by Crippen LogP contribution is 2.28. The van der Waals surface area contributed by atoms with Crippen LogP contribution in [0.25, 0.3) is 10.9 Å². The molecular formula is C24H33N5O2. The van der Waals surface area contributed by atoms with Gasteiger partial charge in [0.2, 0.25) is 5.91 Å². The largest absolute Gasteiger partial charge is 0.341 e. The molecule has 1 aliphatic heterocycles. The molecule has 1 unspecified atom stereocenters. The third-order valence-corrected chi connectivity index (χ3v) is 6.65. The number of carbonyl (C=O) groups is 2. The molecule has 2 N–H and O–H groups in total. The average molecular weight is 424 g/mol. The number of rotatable bonds is 6. The summed E-state index contributed by atoms with van der Waals surface area (Å²) in [7, 11) is 1.96. The normalized spacial score (nSPS) is 19.6. The van der Waals surface area contributed by atoms with Gasteiger partial charge in [0, 0.05) is 56.3 Å². The molecule has 1 aromatic carbocycles. The van der Waals surface area contributed by atoms with Crippen molar-refractivity contribution in [1.82, 2.24) is 20.1 Å². The van der Waals surface area contributed by atoms with Gasteiger partial charge in [0.15, 0.2) is 0 Å². The van der Waals surface area contributed by atoms with Crippen LogP contribution < -0.4 is 10.6 Å². The van der Waals surface area contributed by atoms with Crippen molar-refractivity contribution >= 4 is 28.5 Å². The van der Waals surface area contributed by atoms with Gasteiger partial charge in [-0.2, -0.15) is 0 Å². The molecule has 7 nitrogen and oxygen atoms in total. The lowest BCUT2D eigenvalue weighted by Crippen LogP contribution is -2.42. The second kappa shape index (κ2) is 9.64. The Hall–Kier alpha value is -2.67. The first-order valence-electron chi connectivity index (χ1n) is 11.4. The van der Waals surface area contributed by atoms with Crippen LogP contribution in [0.1, 0.15) is 37.8 Å². The lowest BCUT2D eigenvalue weighted by Gasteiger charge is -2.27. The van der Waals surface area contributed by atoms with Crippen LogP contribution >= 0.6 is 0 Å². The van der Waals surface area contributed by atoms with E-state index in [9.17, 15) is 9.59 Å². The predicted molar refractivity (Wildman–Crippen MR) is 123 cm³/mol. The summed E-state index contributed by atoms with van der Waals surface area (Å²) in [5, 5.41) is 6.86. The Morgan fingerprint density at radius 1 is 1.19 bits per heavy atom. The number of urea groups is 1. The summed E-state index contributed by atoms with van der Waals surface area (Å²) >= 11 is 0. The van der Waals surface area contributed by atoms with E-state index in [1.54, 1.807) is 0 Å². The van der Waals surface area contributed by atoms with Crippen molar-refractivity contribution in [2.45, 2.75) is 45.1 Å². The summed E-state index contributed by atoms with van der Waals surface area (Å²) in [5.74, 6) is 0.555. The van der Waals surface area contributed by atoms with Gasteiger partial charge in [-0.05, 0) is 38.3 Å². The topological polar surface area (TPSA) is 77.6 Å². The van der Waals surface area contributed by atoms with Crippen LogP contribution in [0.2, 0.25) is 0 Å². The number of aromatic nitrogens is 1. The Morgan fingerprint density at radius 3 is 2.77 bits per heavy atom. The van der Waals surface area contributed by atoms with Crippen LogP contribution in [0.3, 0.4) is 0 Å². The lowest BCUT2D eigenvalue weighted by molar-refractivity contribution is -0.135. The van der Waals surface area contributed by atoms with Crippen LogP contribution in [-0.4, -0.2) is 66.0 Å². The first kappa shape index (κ1) is 21.6. The quantitative estimate of drug-likeness (QED) is 0.747. The van der Waals surface area contributed by atoms with Gasteiger partial charge < -0.3 is 15.5 Å². The van der Waals surface area contributed by atoms with E-state index in [-0.39, 0.29) is 18.0 Å². The summed E-state index contributed by atoms with van der Waals surface area (Å²) in [6.07, 6.45) is 5.46. The third kappa shape index (κ3) is 5.15. The summed E-state index contributed by atoms with van der Waals surface area (Å²) < 4.78 is 0. The number of fused-ring (bicyclic) bond motifs is 1. The molecular weight excluding hydrogens is 390 g/mol. The first-order valence-corrected chi connectivity index (χ1v) is 11.4. The van der Waals surface area contributed by atoms with Crippen molar-refractivity contribution in [2.75, 3.05) is 38.5 Å². The minimum Gasteiger partial charge on any atom is -0.341 e. The highest BCUT2D eigenvalue weighted by Gasteiger charge is 2.32. The van der Waals surface area contributed by atoms with Crippen LogP contribution in [-0.2, 0) is 4.79 Å². The molecule has 1 aromatic heterocycles. The molecule has 31 heavy (non-hydrogen) atoms. The number of pyridine rings is 1. The Morgan fingerprint density at radius 2 is 1.97 bits per heavy atom. The number of hydrogen-bond acceptors (Lipinski definition) is 4. The van der Waals surface area contributed by atoms with Crippen LogP contribution in [0, 0.1) is 12.8 Å². The minimum absolute atomic E-state index is 0.208. The molecule has 2 aliphatic rings. The number of hydrogen-bond donors (Lipinski definition) is 2. The smallest absolute Gasteiger partial charge is 0.319 e. The molecule has 1 saturated carbocycles. The van der Waals surface area contributed by atoms with E-state index >= 15 is 0 Å². The van der Waals surface area contributed by atoms with E-state index in [4.69, 9.17) is 0 Å². The number of nitrogens with zero attached hydrogens (tertiary/aromatic N) is 3. The summed E-state index contributed by atoms with van der Waals surface area (Å²) in [6, 6.07) is 9.77. The minimum atomic E-state index is -0.208. The molecule has 2 fully saturated rings. The van der Waals surface area contributed by atoms with Gasteiger partial charge in [0.1, 0.15) is 0 Å². The molecule has 3 amide bonds. The molecule has 2 heterocycles. The molecule has 4 rings (SSSR count). The van der Waals surface area contributed by atoms with Gasteiger partial charge >= 0.3 is 6.03 Å². The SMILES string of the molecule is Cc1cc(NC(=O)NCCN2CCC(N(C)C(=O)C3CCCC3)C2)c2ccccc2n1. The molecule has 0 spiro atoms. The molecule has 166 valence electrons. The number of amides is 3. The summed E-state index contributed by atoms with van der Waals surface area (Å²) in [4.78, 5) is 33.9. The zero-order chi connectivity index (χ0) is 21.8. The highest BCUT2D eigenvalue weighted by molar-refractivity contribution is 6.00. The van der Waals surface area contributed by atoms with Gasteiger partial charge in [-0.3, -0.25) is 14.7 Å². The van der Waals surface area contributed by atoms with E-state index in [2.05, 4.69) is 20.5 Å². The maximum absolute atomic E-state index is 12.7. The van der Waals surface area contributed by atoms with Crippen molar-refractivity contribution < 1.29 is 9.59 Å². The van der Waals surface area contributed by atoms with Gasteiger partial charge in [0.05, 0.1) is 11.2 Å². The highest BCUT2D eigenvalue weighted by atomic mass is 16.2. The lowest BCUT2D eigenvalue weighted by atomic mass is 10.1. The number of benzene rings is 1. The maximum Gasteiger partial charge on any atom is 0.319 e. The van der Waals surface area contributed by atoms with Gasteiger partial charge in [0.25, 0.3) is 0 Å². The zero-order valence-electron chi connectivity index (χ0n) is 18.6. The molecule has 0 bridgehead atoms. The van der Waals surface area contributed by atoms with Gasteiger partial charge in [-0.15, -0.1) is 0 Å². The fourth-order valence-corrected chi connectivity index (χ4v) is 4.88. The number of anilines is 1. The molecule has 1 atom stereocenters. The zero-order valence-corrected chi connectivity index (χ0v) is 18.6. The number of para-hydroxylation sites is 1.